The molecule has 0 radical (unpaired) electrons. The minimum absolute atomic E-state index is 0.169. The van der Waals surface area contributed by atoms with Crippen molar-refractivity contribution in [2.75, 3.05) is 12.8 Å². The number of rotatable bonds is 9. The largest absolute Gasteiger partial charge is 0.338 e. The van der Waals surface area contributed by atoms with Crippen LogP contribution in [0.15, 0.2) is 65.8 Å². The molecule has 0 saturated heterocycles. The van der Waals surface area contributed by atoms with Gasteiger partial charge in [-0.25, -0.2) is 9.97 Å². The fourth-order valence-corrected chi connectivity index (χ4v) is 4.01. The maximum atomic E-state index is 13.2. The molecule has 156 valence electrons. The average Bonchev–Trinajstić information content (AvgIpc) is 2.77. The van der Waals surface area contributed by atoms with Gasteiger partial charge in [-0.05, 0) is 49.6 Å². The van der Waals surface area contributed by atoms with Crippen molar-refractivity contribution in [3.8, 4) is 0 Å². The summed E-state index contributed by atoms with van der Waals surface area (Å²) in [5.74, 6) is 0.169. The maximum Gasteiger partial charge on any atom is 0.223 e. The molecule has 30 heavy (non-hydrogen) atoms. The van der Waals surface area contributed by atoms with Crippen molar-refractivity contribution in [2.24, 2.45) is 0 Å². The molecule has 0 aliphatic carbocycles. The van der Waals surface area contributed by atoms with E-state index in [1.165, 1.54) is 5.56 Å². The maximum absolute atomic E-state index is 13.2. The Bertz CT molecular complexity index is 938. The van der Waals surface area contributed by atoms with Crippen LogP contribution in [0.5, 0.6) is 0 Å². The topological polar surface area (TPSA) is 46.1 Å². The minimum atomic E-state index is 0.169. The molecule has 4 nitrogen and oxygen atoms in total. The molecule has 2 aromatic carbocycles. The van der Waals surface area contributed by atoms with Crippen molar-refractivity contribution >= 4 is 17.7 Å². The molecule has 0 aliphatic rings. The van der Waals surface area contributed by atoms with E-state index in [4.69, 9.17) is 0 Å². The van der Waals surface area contributed by atoms with Crippen molar-refractivity contribution in [2.45, 2.75) is 44.8 Å². The third kappa shape index (κ3) is 6.17. The Balaban J connectivity index is 1.69. The minimum Gasteiger partial charge on any atom is -0.338 e. The Morgan fingerprint density at radius 2 is 1.43 bits per heavy atom. The predicted molar refractivity (Wildman–Crippen MR) is 124 cm³/mol. The zero-order valence-corrected chi connectivity index (χ0v) is 18.8. The van der Waals surface area contributed by atoms with Gasteiger partial charge in [0.2, 0.25) is 5.91 Å². The van der Waals surface area contributed by atoms with E-state index in [0.29, 0.717) is 25.9 Å². The summed E-state index contributed by atoms with van der Waals surface area (Å²) < 4.78 is 0. The predicted octanol–water partition coefficient (Wildman–Crippen LogP) is 5.02. The van der Waals surface area contributed by atoms with Crippen molar-refractivity contribution < 1.29 is 4.79 Å². The van der Waals surface area contributed by atoms with E-state index < -0.39 is 0 Å². The molecule has 0 bridgehead atoms. The lowest BCUT2D eigenvalue weighted by molar-refractivity contribution is -0.131. The lowest BCUT2D eigenvalue weighted by atomic mass is 10.1. The van der Waals surface area contributed by atoms with Crippen LogP contribution in [0.2, 0.25) is 0 Å². The van der Waals surface area contributed by atoms with Crippen molar-refractivity contribution in [3.63, 3.8) is 0 Å². The molecule has 5 heteroatoms. The third-order valence-electron chi connectivity index (χ3n) is 5.25. The Hall–Kier alpha value is -2.66. The molecule has 0 fully saturated rings. The van der Waals surface area contributed by atoms with Crippen LogP contribution >= 0.6 is 11.8 Å². The number of carbonyl (C=O) groups excluding carboxylic acids is 1. The lowest BCUT2D eigenvalue weighted by Crippen LogP contribution is -2.32. The molecule has 3 aromatic rings. The Morgan fingerprint density at radius 1 is 0.867 bits per heavy atom. The van der Waals surface area contributed by atoms with E-state index in [1.807, 2.05) is 61.4 Å². The molecule has 0 atom stereocenters. The van der Waals surface area contributed by atoms with Crippen LogP contribution in [0.4, 0.5) is 0 Å². The summed E-state index contributed by atoms with van der Waals surface area (Å²) in [6.45, 7) is 5.35. The van der Waals surface area contributed by atoms with Gasteiger partial charge >= 0.3 is 0 Å². The zero-order valence-electron chi connectivity index (χ0n) is 18.0. The van der Waals surface area contributed by atoms with Crippen molar-refractivity contribution in [3.05, 3.63) is 88.7 Å². The quantitative estimate of drug-likeness (QED) is 0.361. The van der Waals surface area contributed by atoms with Crippen LogP contribution in [-0.2, 0) is 24.2 Å². The van der Waals surface area contributed by atoms with Gasteiger partial charge in [-0.15, -0.1) is 0 Å². The molecule has 0 aliphatic heterocycles. The second-order valence-electron chi connectivity index (χ2n) is 7.40. The van der Waals surface area contributed by atoms with Crippen molar-refractivity contribution in [1.82, 2.24) is 14.9 Å². The Kier molecular flexibility index (Phi) is 8.03. The highest BCUT2D eigenvalue weighted by molar-refractivity contribution is 7.98. The number of carbonyl (C=O) groups is 1. The van der Waals surface area contributed by atoms with Crippen LogP contribution in [0.1, 0.15) is 34.5 Å². The number of nitrogens with zero attached hydrogens (tertiary/aromatic N) is 3. The van der Waals surface area contributed by atoms with E-state index in [-0.39, 0.29) is 5.91 Å². The van der Waals surface area contributed by atoms with E-state index in [1.54, 1.807) is 11.8 Å². The third-order valence-corrected chi connectivity index (χ3v) is 5.80. The average molecular weight is 420 g/mol. The SMILES string of the molecule is CSc1nc(C)c(CCC(=O)N(CCc2ccccc2)Cc2ccccc2)c(C)n1. The summed E-state index contributed by atoms with van der Waals surface area (Å²) in [6.07, 6.45) is 3.96. The molecule has 0 N–H and O–H groups in total. The smallest absolute Gasteiger partial charge is 0.223 e. The fraction of sp³-hybridized carbons (Fsp3) is 0.320. The number of benzene rings is 2. The first kappa shape index (κ1) is 22.0. The first-order valence-electron chi connectivity index (χ1n) is 10.3. The summed E-state index contributed by atoms with van der Waals surface area (Å²) in [5, 5.41) is 0.786. The van der Waals surface area contributed by atoms with E-state index in [2.05, 4.69) is 34.2 Å². The van der Waals surface area contributed by atoms with Crippen molar-refractivity contribution in [1.29, 1.82) is 0 Å². The first-order valence-corrected chi connectivity index (χ1v) is 11.5. The molecule has 0 unspecified atom stereocenters. The number of amides is 1. The molecule has 3 rings (SSSR count). The molecule has 0 spiro atoms. The second-order valence-corrected chi connectivity index (χ2v) is 8.17. The number of aryl methyl sites for hydroxylation is 2. The molecule has 0 saturated carbocycles. The monoisotopic (exact) mass is 419 g/mol. The van der Waals surface area contributed by atoms with Gasteiger partial charge in [0.15, 0.2) is 5.16 Å². The van der Waals surface area contributed by atoms with Gasteiger partial charge in [-0.2, -0.15) is 0 Å². The number of thioether (sulfide) groups is 1. The van der Waals surface area contributed by atoms with Gasteiger partial charge in [0, 0.05) is 30.9 Å². The van der Waals surface area contributed by atoms with Crippen LogP contribution in [0.3, 0.4) is 0 Å². The van der Waals surface area contributed by atoms with Gasteiger partial charge < -0.3 is 4.90 Å². The Labute approximate surface area is 183 Å². The van der Waals surface area contributed by atoms with E-state index in [9.17, 15) is 4.79 Å². The van der Waals surface area contributed by atoms with Gasteiger partial charge in [0.1, 0.15) is 0 Å². The van der Waals surface area contributed by atoms with E-state index in [0.717, 1.165) is 34.1 Å². The number of hydrogen-bond donors (Lipinski definition) is 0. The molecular weight excluding hydrogens is 390 g/mol. The van der Waals surface area contributed by atoms with Gasteiger partial charge in [0.05, 0.1) is 0 Å². The first-order chi connectivity index (χ1) is 14.6. The van der Waals surface area contributed by atoms with Crippen LogP contribution < -0.4 is 0 Å². The second kappa shape index (κ2) is 10.9. The Morgan fingerprint density at radius 3 is 2.00 bits per heavy atom. The lowest BCUT2D eigenvalue weighted by Gasteiger charge is -2.23. The number of hydrogen-bond acceptors (Lipinski definition) is 4. The van der Waals surface area contributed by atoms with Gasteiger partial charge in [-0.1, -0.05) is 72.4 Å². The van der Waals surface area contributed by atoms with Crippen LogP contribution in [0, 0.1) is 13.8 Å². The summed E-state index contributed by atoms with van der Waals surface area (Å²) in [4.78, 5) is 24.2. The summed E-state index contributed by atoms with van der Waals surface area (Å²) in [7, 11) is 0. The zero-order chi connectivity index (χ0) is 21.3. The molecule has 1 heterocycles. The van der Waals surface area contributed by atoms with Crippen LogP contribution in [-0.4, -0.2) is 33.6 Å². The standard InChI is InChI=1S/C25H29N3OS/c1-19-23(20(2)27-25(26-19)30-3)14-15-24(29)28(18-22-12-8-5-9-13-22)17-16-21-10-6-4-7-11-21/h4-13H,14-18H2,1-3H3. The molecule has 1 aromatic heterocycles. The fourth-order valence-electron chi connectivity index (χ4n) is 3.56. The summed E-state index contributed by atoms with van der Waals surface area (Å²) >= 11 is 1.54. The summed E-state index contributed by atoms with van der Waals surface area (Å²) in [5.41, 5.74) is 5.43. The van der Waals surface area contributed by atoms with Gasteiger partial charge in [0.25, 0.3) is 0 Å². The molecule has 1 amide bonds. The molecular formula is C25H29N3OS. The van der Waals surface area contributed by atoms with Gasteiger partial charge in [-0.3, -0.25) is 4.79 Å². The number of aromatic nitrogens is 2. The normalized spacial score (nSPS) is 10.8. The highest BCUT2D eigenvalue weighted by Gasteiger charge is 2.16. The summed E-state index contributed by atoms with van der Waals surface area (Å²) in [6, 6.07) is 20.5. The van der Waals surface area contributed by atoms with Crippen LogP contribution in [0.25, 0.3) is 0 Å². The highest BCUT2D eigenvalue weighted by Crippen LogP contribution is 2.18. The van der Waals surface area contributed by atoms with E-state index >= 15 is 0 Å². The highest BCUT2D eigenvalue weighted by atomic mass is 32.2.